The first-order valence-corrected chi connectivity index (χ1v) is 4.40. The van der Waals surface area contributed by atoms with Gasteiger partial charge in [-0.15, -0.1) is 0 Å². The second-order valence-electron chi connectivity index (χ2n) is 3.37. The number of nitrogens with one attached hydrogen (secondary N) is 1. The minimum atomic E-state index is -0.320. The fourth-order valence-electron chi connectivity index (χ4n) is 1.51. The van der Waals surface area contributed by atoms with E-state index in [0.29, 0.717) is 6.54 Å². The summed E-state index contributed by atoms with van der Waals surface area (Å²) < 4.78 is 11.9. The molecule has 0 aromatic rings. The SMILES string of the molecule is CN(CCF)CC1NCCC1O. The molecule has 0 bridgehead atoms. The van der Waals surface area contributed by atoms with Crippen molar-refractivity contribution < 1.29 is 9.50 Å². The molecule has 72 valence electrons. The molecule has 1 heterocycles. The summed E-state index contributed by atoms with van der Waals surface area (Å²) >= 11 is 0. The van der Waals surface area contributed by atoms with Crippen LogP contribution < -0.4 is 5.32 Å². The van der Waals surface area contributed by atoms with Crippen LogP contribution in [0.2, 0.25) is 0 Å². The highest BCUT2D eigenvalue weighted by Crippen LogP contribution is 2.07. The number of aliphatic hydroxyl groups is 1. The molecule has 1 rings (SSSR count). The summed E-state index contributed by atoms with van der Waals surface area (Å²) in [5, 5.41) is 12.6. The van der Waals surface area contributed by atoms with Crippen molar-refractivity contribution in [2.24, 2.45) is 0 Å². The molecular formula is C8H17FN2O. The molecule has 4 heteroatoms. The Morgan fingerprint density at radius 1 is 1.67 bits per heavy atom. The van der Waals surface area contributed by atoms with Crippen LogP contribution in [-0.4, -0.2) is 55.5 Å². The third kappa shape index (κ3) is 2.69. The van der Waals surface area contributed by atoms with Crippen LogP contribution in [0.1, 0.15) is 6.42 Å². The quantitative estimate of drug-likeness (QED) is 0.612. The first kappa shape index (κ1) is 9.89. The lowest BCUT2D eigenvalue weighted by molar-refractivity contribution is 0.136. The largest absolute Gasteiger partial charge is 0.391 e. The fraction of sp³-hybridized carbons (Fsp3) is 1.00. The van der Waals surface area contributed by atoms with E-state index in [0.717, 1.165) is 19.5 Å². The highest BCUT2D eigenvalue weighted by molar-refractivity contribution is 4.85. The van der Waals surface area contributed by atoms with Crippen molar-refractivity contribution in [2.75, 3.05) is 33.4 Å². The van der Waals surface area contributed by atoms with Gasteiger partial charge in [0.1, 0.15) is 6.67 Å². The van der Waals surface area contributed by atoms with Crippen molar-refractivity contribution in [1.29, 1.82) is 0 Å². The van der Waals surface area contributed by atoms with Crippen molar-refractivity contribution in [1.82, 2.24) is 10.2 Å². The topological polar surface area (TPSA) is 35.5 Å². The van der Waals surface area contributed by atoms with Gasteiger partial charge in [0.05, 0.1) is 6.10 Å². The first-order chi connectivity index (χ1) is 5.74. The third-order valence-corrected chi connectivity index (χ3v) is 2.29. The zero-order chi connectivity index (χ0) is 8.97. The van der Waals surface area contributed by atoms with E-state index < -0.39 is 0 Å². The van der Waals surface area contributed by atoms with Gasteiger partial charge in [0.25, 0.3) is 0 Å². The Hall–Kier alpha value is -0.190. The Kier molecular flexibility index (Phi) is 3.91. The number of hydrogen-bond donors (Lipinski definition) is 2. The zero-order valence-corrected chi connectivity index (χ0v) is 7.46. The van der Waals surface area contributed by atoms with Gasteiger partial charge in [-0.05, 0) is 20.0 Å². The number of alkyl halides is 1. The van der Waals surface area contributed by atoms with Crippen LogP contribution in [0.4, 0.5) is 4.39 Å². The van der Waals surface area contributed by atoms with E-state index in [-0.39, 0.29) is 18.8 Å². The molecule has 0 saturated carbocycles. The Bertz CT molecular complexity index is 134. The van der Waals surface area contributed by atoms with Gasteiger partial charge in [-0.3, -0.25) is 0 Å². The van der Waals surface area contributed by atoms with Crippen molar-refractivity contribution in [2.45, 2.75) is 18.6 Å². The van der Waals surface area contributed by atoms with Crippen LogP contribution in [0.5, 0.6) is 0 Å². The second-order valence-corrected chi connectivity index (χ2v) is 3.37. The van der Waals surface area contributed by atoms with Gasteiger partial charge in [0.2, 0.25) is 0 Å². The molecule has 1 aliphatic rings. The average molecular weight is 176 g/mol. The highest BCUT2D eigenvalue weighted by atomic mass is 19.1. The summed E-state index contributed by atoms with van der Waals surface area (Å²) in [6.07, 6.45) is 0.556. The number of hydrogen-bond acceptors (Lipinski definition) is 3. The van der Waals surface area contributed by atoms with Gasteiger partial charge in [0, 0.05) is 19.1 Å². The van der Waals surface area contributed by atoms with E-state index in [1.165, 1.54) is 0 Å². The molecule has 1 saturated heterocycles. The maximum atomic E-state index is 11.9. The summed E-state index contributed by atoms with van der Waals surface area (Å²) in [6.45, 7) is 1.73. The van der Waals surface area contributed by atoms with E-state index in [1.807, 2.05) is 11.9 Å². The average Bonchev–Trinajstić information content (AvgIpc) is 2.37. The number of likely N-dealkylation sites (N-methyl/N-ethyl adjacent to an activating group) is 1. The smallest absolute Gasteiger partial charge is 0.102 e. The first-order valence-electron chi connectivity index (χ1n) is 4.40. The van der Waals surface area contributed by atoms with Crippen LogP contribution in [0, 0.1) is 0 Å². The minimum Gasteiger partial charge on any atom is -0.391 e. The van der Waals surface area contributed by atoms with E-state index in [1.54, 1.807) is 0 Å². The lowest BCUT2D eigenvalue weighted by Gasteiger charge is -2.21. The Morgan fingerprint density at radius 2 is 2.42 bits per heavy atom. The lowest BCUT2D eigenvalue weighted by Crippen LogP contribution is -2.41. The summed E-state index contributed by atoms with van der Waals surface area (Å²) in [5.74, 6) is 0. The van der Waals surface area contributed by atoms with E-state index >= 15 is 0 Å². The van der Waals surface area contributed by atoms with E-state index in [4.69, 9.17) is 0 Å². The van der Waals surface area contributed by atoms with Gasteiger partial charge in [-0.2, -0.15) is 0 Å². The van der Waals surface area contributed by atoms with Crippen LogP contribution in [0.3, 0.4) is 0 Å². The molecule has 0 spiro atoms. The predicted octanol–water partition coefficient (Wildman–Crippen LogP) is -0.389. The normalized spacial score (nSPS) is 30.0. The third-order valence-electron chi connectivity index (χ3n) is 2.29. The fourth-order valence-corrected chi connectivity index (χ4v) is 1.51. The zero-order valence-electron chi connectivity index (χ0n) is 7.46. The molecule has 1 aliphatic heterocycles. The summed E-state index contributed by atoms with van der Waals surface area (Å²) in [5.41, 5.74) is 0. The highest BCUT2D eigenvalue weighted by Gasteiger charge is 2.25. The molecule has 0 radical (unpaired) electrons. The van der Waals surface area contributed by atoms with Gasteiger partial charge in [0.15, 0.2) is 0 Å². The summed E-state index contributed by atoms with van der Waals surface area (Å²) in [7, 11) is 1.87. The van der Waals surface area contributed by atoms with Crippen molar-refractivity contribution in [3.8, 4) is 0 Å². The standard InChI is InChI=1S/C8H17FN2O/c1-11(5-3-9)6-7-8(12)2-4-10-7/h7-8,10,12H,2-6H2,1H3. The molecule has 12 heavy (non-hydrogen) atoms. The Morgan fingerprint density at radius 3 is 2.92 bits per heavy atom. The van der Waals surface area contributed by atoms with Gasteiger partial charge < -0.3 is 15.3 Å². The van der Waals surface area contributed by atoms with Crippen molar-refractivity contribution in [3.05, 3.63) is 0 Å². The Labute approximate surface area is 72.6 Å². The number of rotatable bonds is 4. The molecule has 0 amide bonds. The Balaban J connectivity index is 2.20. The van der Waals surface area contributed by atoms with Crippen LogP contribution in [0.15, 0.2) is 0 Å². The molecule has 2 atom stereocenters. The second kappa shape index (κ2) is 4.74. The number of halogens is 1. The van der Waals surface area contributed by atoms with E-state index in [9.17, 15) is 9.50 Å². The number of nitrogens with zero attached hydrogens (tertiary/aromatic N) is 1. The lowest BCUT2D eigenvalue weighted by atomic mass is 10.2. The molecule has 3 nitrogen and oxygen atoms in total. The van der Waals surface area contributed by atoms with Gasteiger partial charge in [-0.25, -0.2) is 4.39 Å². The number of aliphatic hydroxyl groups excluding tert-OH is 1. The van der Waals surface area contributed by atoms with E-state index in [2.05, 4.69) is 5.32 Å². The monoisotopic (exact) mass is 176 g/mol. The molecular weight excluding hydrogens is 159 g/mol. The molecule has 0 aromatic heterocycles. The molecule has 0 aliphatic carbocycles. The maximum absolute atomic E-state index is 11.9. The molecule has 0 aromatic carbocycles. The van der Waals surface area contributed by atoms with Crippen molar-refractivity contribution >= 4 is 0 Å². The predicted molar refractivity (Wildman–Crippen MR) is 45.9 cm³/mol. The van der Waals surface area contributed by atoms with Crippen LogP contribution in [-0.2, 0) is 0 Å². The van der Waals surface area contributed by atoms with Crippen LogP contribution >= 0.6 is 0 Å². The summed E-state index contributed by atoms with van der Waals surface area (Å²) in [6, 6.07) is 0.126. The van der Waals surface area contributed by atoms with Gasteiger partial charge >= 0.3 is 0 Å². The van der Waals surface area contributed by atoms with Crippen LogP contribution in [0.25, 0.3) is 0 Å². The summed E-state index contributed by atoms with van der Waals surface area (Å²) in [4.78, 5) is 1.90. The minimum absolute atomic E-state index is 0.126. The maximum Gasteiger partial charge on any atom is 0.102 e. The molecule has 1 fully saturated rings. The van der Waals surface area contributed by atoms with Crippen molar-refractivity contribution in [3.63, 3.8) is 0 Å². The molecule has 2 unspecified atom stereocenters. The molecule has 2 N–H and O–H groups in total. The van der Waals surface area contributed by atoms with Gasteiger partial charge in [-0.1, -0.05) is 0 Å².